The van der Waals surface area contributed by atoms with Crippen molar-refractivity contribution in [3.8, 4) is 5.75 Å². The molecule has 1 heterocycles. The molecule has 0 aliphatic carbocycles. The number of benzene rings is 1. The number of hydrogen-bond acceptors (Lipinski definition) is 5. The maximum Gasteiger partial charge on any atom is 0.311 e. The first kappa shape index (κ1) is 21.2. The van der Waals surface area contributed by atoms with Gasteiger partial charge in [-0.1, -0.05) is 6.92 Å². The fourth-order valence-electron chi connectivity index (χ4n) is 2.94. The van der Waals surface area contributed by atoms with E-state index >= 15 is 0 Å². The quantitative estimate of drug-likeness (QED) is 0.588. The van der Waals surface area contributed by atoms with Crippen molar-refractivity contribution in [1.29, 1.82) is 0 Å². The third-order valence-corrected chi connectivity index (χ3v) is 4.29. The maximum atomic E-state index is 12.6. The molecule has 8 heteroatoms. The van der Waals surface area contributed by atoms with Crippen LogP contribution >= 0.6 is 12.4 Å². The van der Waals surface area contributed by atoms with Gasteiger partial charge in [-0.15, -0.1) is 12.4 Å². The lowest BCUT2D eigenvalue weighted by molar-refractivity contribution is -0.385. The van der Waals surface area contributed by atoms with E-state index in [1.807, 2.05) is 0 Å². The Kier molecular flexibility index (Phi) is 8.65. The Labute approximate surface area is 154 Å². The summed E-state index contributed by atoms with van der Waals surface area (Å²) in [6.07, 6.45) is 1.91. The van der Waals surface area contributed by atoms with Gasteiger partial charge in [0.25, 0.3) is 5.91 Å². The van der Waals surface area contributed by atoms with Crippen LogP contribution in [0.2, 0.25) is 0 Å². The zero-order valence-electron chi connectivity index (χ0n) is 14.7. The molecule has 0 saturated carbocycles. The van der Waals surface area contributed by atoms with Gasteiger partial charge in [-0.05, 0) is 50.9 Å². The smallest absolute Gasteiger partial charge is 0.311 e. The van der Waals surface area contributed by atoms with Crippen molar-refractivity contribution in [3.63, 3.8) is 0 Å². The Bertz CT molecular complexity index is 589. The molecule has 1 aliphatic rings. The minimum atomic E-state index is -0.509. The Morgan fingerprint density at radius 1 is 1.36 bits per heavy atom. The number of hydrogen-bond donors (Lipinski definition) is 1. The molecule has 1 amide bonds. The molecular formula is C17H26ClN3O4. The summed E-state index contributed by atoms with van der Waals surface area (Å²) >= 11 is 0. The summed E-state index contributed by atoms with van der Waals surface area (Å²) in [5.74, 6) is 0.634. The van der Waals surface area contributed by atoms with Gasteiger partial charge in [-0.2, -0.15) is 0 Å². The summed E-state index contributed by atoms with van der Waals surface area (Å²) in [4.78, 5) is 25.1. The van der Waals surface area contributed by atoms with Gasteiger partial charge in [0.05, 0.1) is 11.5 Å². The largest absolute Gasteiger partial charge is 0.487 e. The molecule has 140 valence electrons. The van der Waals surface area contributed by atoms with Gasteiger partial charge in [-0.25, -0.2) is 0 Å². The van der Waals surface area contributed by atoms with E-state index in [9.17, 15) is 14.9 Å². The minimum Gasteiger partial charge on any atom is -0.487 e. The van der Waals surface area contributed by atoms with Crippen LogP contribution in [0.25, 0.3) is 0 Å². The number of nitrogens with one attached hydrogen (secondary N) is 1. The fraction of sp³-hybridized carbons (Fsp3) is 0.588. The standard InChI is InChI=1S/C17H25N3O4.ClH/c1-3-18-12-13-7-9-19(10-8-13)17(21)14-5-6-16(24-4-2)15(11-14)20(22)23;/h5-6,11,13,18H,3-4,7-10,12H2,1-2H3;1H. The molecule has 0 spiro atoms. The van der Waals surface area contributed by atoms with E-state index in [1.54, 1.807) is 17.9 Å². The van der Waals surface area contributed by atoms with Crippen LogP contribution in [0.5, 0.6) is 5.75 Å². The Hall–Kier alpha value is -1.86. The van der Waals surface area contributed by atoms with Crippen molar-refractivity contribution in [3.05, 3.63) is 33.9 Å². The first-order valence-electron chi connectivity index (χ1n) is 8.48. The summed E-state index contributed by atoms with van der Waals surface area (Å²) in [5.41, 5.74) is 0.181. The van der Waals surface area contributed by atoms with Crippen LogP contribution in [0.4, 0.5) is 5.69 Å². The van der Waals surface area contributed by atoms with E-state index in [2.05, 4.69) is 12.2 Å². The highest BCUT2D eigenvalue weighted by molar-refractivity contribution is 5.95. The van der Waals surface area contributed by atoms with Crippen molar-refractivity contribution in [1.82, 2.24) is 10.2 Å². The molecule has 25 heavy (non-hydrogen) atoms. The van der Waals surface area contributed by atoms with Gasteiger partial charge < -0.3 is 15.0 Å². The molecule has 1 aliphatic heterocycles. The highest BCUT2D eigenvalue weighted by Gasteiger charge is 2.25. The van der Waals surface area contributed by atoms with E-state index < -0.39 is 4.92 Å². The van der Waals surface area contributed by atoms with Crippen LogP contribution in [-0.2, 0) is 0 Å². The molecule has 2 rings (SSSR count). The molecule has 1 N–H and O–H groups in total. The molecular weight excluding hydrogens is 346 g/mol. The topological polar surface area (TPSA) is 84.7 Å². The summed E-state index contributed by atoms with van der Waals surface area (Å²) in [7, 11) is 0. The predicted octanol–water partition coefficient (Wildman–Crippen LogP) is 2.88. The zero-order chi connectivity index (χ0) is 17.5. The second-order valence-electron chi connectivity index (χ2n) is 5.92. The normalized spacial score (nSPS) is 14.7. The van der Waals surface area contributed by atoms with Gasteiger partial charge in [0.2, 0.25) is 0 Å². The third-order valence-electron chi connectivity index (χ3n) is 4.29. The van der Waals surface area contributed by atoms with Gasteiger partial charge >= 0.3 is 5.69 Å². The van der Waals surface area contributed by atoms with Crippen LogP contribution in [0.1, 0.15) is 37.0 Å². The zero-order valence-corrected chi connectivity index (χ0v) is 15.5. The number of nitro benzene ring substituents is 1. The van der Waals surface area contributed by atoms with Crippen molar-refractivity contribution in [2.45, 2.75) is 26.7 Å². The lowest BCUT2D eigenvalue weighted by Gasteiger charge is -2.32. The van der Waals surface area contributed by atoms with Crippen LogP contribution in [0, 0.1) is 16.0 Å². The number of ether oxygens (including phenoxy) is 1. The monoisotopic (exact) mass is 371 g/mol. The SMILES string of the molecule is CCNCC1CCN(C(=O)c2ccc(OCC)c([N+](=O)[O-])c2)CC1.Cl. The molecule has 0 aromatic heterocycles. The summed E-state index contributed by atoms with van der Waals surface area (Å²) in [6.45, 7) is 7.50. The molecule has 7 nitrogen and oxygen atoms in total. The highest BCUT2D eigenvalue weighted by Crippen LogP contribution is 2.29. The van der Waals surface area contributed by atoms with Crippen molar-refractivity contribution in [2.75, 3.05) is 32.8 Å². The lowest BCUT2D eigenvalue weighted by Crippen LogP contribution is -2.40. The van der Waals surface area contributed by atoms with Gasteiger partial charge in [0, 0.05) is 24.7 Å². The fourth-order valence-corrected chi connectivity index (χ4v) is 2.94. The summed E-state index contributed by atoms with van der Waals surface area (Å²) < 4.78 is 5.26. The molecule has 1 fully saturated rings. The van der Waals surface area contributed by atoms with E-state index in [1.165, 1.54) is 12.1 Å². The first-order valence-corrected chi connectivity index (χ1v) is 8.48. The van der Waals surface area contributed by atoms with E-state index in [-0.39, 0.29) is 29.8 Å². The average Bonchev–Trinajstić information content (AvgIpc) is 2.60. The molecule has 1 aromatic carbocycles. The summed E-state index contributed by atoms with van der Waals surface area (Å²) in [5, 5.41) is 14.5. The van der Waals surface area contributed by atoms with Crippen LogP contribution < -0.4 is 10.1 Å². The van der Waals surface area contributed by atoms with Gasteiger partial charge in [-0.3, -0.25) is 14.9 Å². The number of amides is 1. The molecule has 0 bridgehead atoms. The minimum absolute atomic E-state index is 0. The van der Waals surface area contributed by atoms with Crippen molar-refractivity contribution < 1.29 is 14.5 Å². The van der Waals surface area contributed by atoms with Crippen LogP contribution in [0.15, 0.2) is 18.2 Å². The third kappa shape index (κ3) is 5.57. The number of rotatable bonds is 7. The lowest BCUT2D eigenvalue weighted by atomic mass is 9.96. The van der Waals surface area contributed by atoms with Crippen molar-refractivity contribution >= 4 is 24.0 Å². The Balaban J connectivity index is 0.00000312. The van der Waals surface area contributed by atoms with E-state index in [4.69, 9.17) is 4.74 Å². The average molecular weight is 372 g/mol. The number of likely N-dealkylation sites (tertiary alicyclic amines) is 1. The molecule has 0 radical (unpaired) electrons. The highest BCUT2D eigenvalue weighted by atomic mass is 35.5. The second-order valence-corrected chi connectivity index (χ2v) is 5.92. The number of nitrogens with zero attached hydrogens (tertiary/aromatic N) is 2. The number of halogens is 1. The number of carbonyl (C=O) groups excluding carboxylic acids is 1. The number of piperidine rings is 1. The molecule has 0 atom stereocenters. The first-order chi connectivity index (χ1) is 11.6. The van der Waals surface area contributed by atoms with Gasteiger partial charge in [0.1, 0.15) is 0 Å². The molecule has 0 unspecified atom stereocenters. The molecule has 1 aromatic rings. The van der Waals surface area contributed by atoms with Crippen LogP contribution in [0.3, 0.4) is 0 Å². The number of nitro groups is 1. The number of carbonyl (C=O) groups is 1. The maximum absolute atomic E-state index is 12.6. The predicted molar refractivity (Wildman–Crippen MR) is 98.7 cm³/mol. The molecule has 1 saturated heterocycles. The van der Waals surface area contributed by atoms with Crippen molar-refractivity contribution in [2.24, 2.45) is 5.92 Å². The van der Waals surface area contributed by atoms with Crippen LogP contribution in [-0.4, -0.2) is 48.5 Å². The summed E-state index contributed by atoms with van der Waals surface area (Å²) in [6, 6.07) is 4.43. The van der Waals surface area contributed by atoms with E-state index in [0.717, 1.165) is 25.9 Å². The second kappa shape index (κ2) is 10.2. The van der Waals surface area contributed by atoms with E-state index in [0.29, 0.717) is 31.2 Å². The Morgan fingerprint density at radius 3 is 2.60 bits per heavy atom. The Morgan fingerprint density at radius 2 is 2.04 bits per heavy atom. The van der Waals surface area contributed by atoms with Gasteiger partial charge in [0.15, 0.2) is 5.75 Å².